The molecule has 0 amide bonds. The van der Waals surface area contributed by atoms with E-state index in [9.17, 15) is 8.42 Å². The molecule has 1 atom stereocenters. The Kier molecular flexibility index (Phi) is 4.70. The number of aromatic nitrogens is 2. The number of halogens is 2. The van der Waals surface area contributed by atoms with E-state index in [0.717, 1.165) is 0 Å². The van der Waals surface area contributed by atoms with Crippen LogP contribution in [0.15, 0.2) is 41.6 Å². The van der Waals surface area contributed by atoms with Gasteiger partial charge in [0.1, 0.15) is 0 Å². The molecule has 1 aromatic carbocycles. The summed E-state index contributed by atoms with van der Waals surface area (Å²) in [5.74, 6) is 0. The van der Waals surface area contributed by atoms with Crippen LogP contribution in [0.25, 0.3) is 0 Å². The lowest BCUT2D eigenvalue weighted by atomic mass is 10.4. The van der Waals surface area contributed by atoms with Gasteiger partial charge in [-0.2, -0.15) is 5.10 Å². The van der Waals surface area contributed by atoms with Gasteiger partial charge in [-0.15, -0.1) is 0 Å². The first-order chi connectivity index (χ1) is 9.37. The highest BCUT2D eigenvalue weighted by Gasteiger charge is 2.18. The number of nitrogens with zero attached hydrogens (tertiary/aromatic N) is 2. The van der Waals surface area contributed by atoms with E-state index < -0.39 is 10.0 Å². The molecule has 0 saturated carbocycles. The van der Waals surface area contributed by atoms with E-state index in [1.165, 1.54) is 18.2 Å². The van der Waals surface area contributed by atoms with E-state index in [0.29, 0.717) is 6.54 Å². The van der Waals surface area contributed by atoms with Crippen LogP contribution in [0, 0.1) is 0 Å². The summed E-state index contributed by atoms with van der Waals surface area (Å²) in [6, 6.07) is 5.65. The maximum atomic E-state index is 12.2. The first kappa shape index (κ1) is 15.3. The van der Waals surface area contributed by atoms with Crippen LogP contribution in [0.3, 0.4) is 0 Å². The summed E-state index contributed by atoms with van der Waals surface area (Å²) in [7, 11) is -3.67. The topological polar surface area (TPSA) is 64.0 Å². The number of hydrogen-bond acceptors (Lipinski definition) is 3. The van der Waals surface area contributed by atoms with Gasteiger partial charge in [-0.05, 0) is 31.2 Å². The molecule has 0 aliphatic carbocycles. The Morgan fingerprint density at radius 2 is 1.95 bits per heavy atom. The van der Waals surface area contributed by atoms with Gasteiger partial charge in [0.05, 0.1) is 11.4 Å². The number of benzene rings is 1. The minimum absolute atomic E-state index is 0.0438. The van der Waals surface area contributed by atoms with E-state index in [2.05, 4.69) is 9.82 Å². The highest BCUT2D eigenvalue weighted by molar-refractivity contribution is 7.89. The number of nitrogens with one attached hydrogen (secondary N) is 1. The smallest absolute Gasteiger partial charge is 0.240 e. The highest BCUT2D eigenvalue weighted by Crippen LogP contribution is 2.22. The number of sulfonamides is 1. The first-order valence-corrected chi connectivity index (χ1v) is 8.06. The third kappa shape index (κ3) is 3.96. The van der Waals surface area contributed by atoms with Crippen molar-refractivity contribution in [3.05, 3.63) is 46.7 Å². The molecule has 0 aliphatic heterocycles. The van der Waals surface area contributed by atoms with E-state index in [1.807, 2.05) is 0 Å². The summed E-state index contributed by atoms with van der Waals surface area (Å²) in [5, 5.41) is 4.58. The van der Waals surface area contributed by atoms with Crippen molar-refractivity contribution >= 4 is 33.2 Å². The molecule has 2 rings (SSSR count). The van der Waals surface area contributed by atoms with Gasteiger partial charge >= 0.3 is 0 Å². The van der Waals surface area contributed by atoms with Gasteiger partial charge in [-0.3, -0.25) is 4.68 Å². The highest BCUT2D eigenvalue weighted by atomic mass is 35.5. The van der Waals surface area contributed by atoms with Gasteiger partial charge in [0.25, 0.3) is 0 Å². The van der Waals surface area contributed by atoms with Crippen LogP contribution in [0.2, 0.25) is 10.0 Å². The predicted molar refractivity (Wildman–Crippen MR) is 78.5 cm³/mol. The summed E-state index contributed by atoms with van der Waals surface area (Å²) < 4.78 is 28.6. The molecule has 0 aliphatic rings. The molecular formula is C12H13Cl2N3O2S. The van der Waals surface area contributed by atoms with Gasteiger partial charge in [0, 0.05) is 28.5 Å². The largest absolute Gasteiger partial charge is 0.271 e. The lowest BCUT2D eigenvalue weighted by Gasteiger charge is -2.14. The van der Waals surface area contributed by atoms with Crippen molar-refractivity contribution in [2.24, 2.45) is 0 Å². The van der Waals surface area contributed by atoms with Crippen LogP contribution in [0.1, 0.15) is 6.92 Å². The predicted octanol–water partition coefficient (Wildman–Crippen LogP) is 2.56. The molecule has 0 fully saturated rings. The van der Waals surface area contributed by atoms with E-state index in [1.54, 1.807) is 30.1 Å². The van der Waals surface area contributed by atoms with E-state index in [-0.39, 0.29) is 21.0 Å². The van der Waals surface area contributed by atoms with Crippen LogP contribution in [0.4, 0.5) is 0 Å². The van der Waals surface area contributed by atoms with Crippen molar-refractivity contribution in [1.82, 2.24) is 14.5 Å². The molecule has 0 spiro atoms. The second-order valence-corrected chi connectivity index (χ2v) is 6.94. The third-order valence-corrected chi connectivity index (χ3v) is 4.53. The van der Waals surface area contributed by atoms with Gasteiger partial charge in [-0.1, -0.05) is 23.2 Å². The van der Waals surface area contributed by atoms with Gasteiger partial charge < -0.3 is 0 Å². The molecule has 1 unspecified atom stereocenters. The average Bonchev–Trinajstić information content (AvgIpc) is 2.79. The van der Waals surface area contributed by atoms with Crippen molar-refractivity contribution < 1.29 is 8.42 Å². The molecule has 0 radical (unpaired) electrons. The molecule has 1 heterocycles. The van der Waals surface area contributed by atoms with Crippen molar-refractivity contribution in [2.45, 2.75) is 24.4 Å². The Balaban J connectivity index is 2.14. The van der Waals surface area contributed by atoms with Crippen LogP contribution in [-0.2, 0) is 16.6 Å². The normalized spacial score (nSPS) is 13.3. The fourth-order valence-electron chi connectivity index (χ4n) is 1.74. The summed E-state index contributed by atoms with van der Waals surface area (Å²) in [5.41, 5.74) is 0. The summed E-state index contributed by atoms with van der Waals surface area (Å²) in [4.78, 5) is 0.0438. The molecule has 20 heavy (non-hydrogen) atoms. The van der Waals surface area contributed by atoms with Crippen LogP contribution in [-0.4, -0.2) is 24.2 Å². The zero-order chi connectivity index (χ0) is 14.8. The van der Waals surface area contributed by atoms with Crippen molar-refractivity contribution in [3.8, 4) is 0 Å². The van der Waals surface area contributed by atoms with Gasteiger partial charge in [-0.25, -0.2) is 13.1 Å². The number of rotatable bonds is 5. The molecule has 108 valence electrons. The third-order valence-electron chi connectivity index (χ3n) is 2.52. The SMILES string of the molecule is CC(Cn1cccn1)NS(=O)(=O)c1cc(Cl)cc(Cl)c1. The molecule has 1 aromatic heterocycles. The average molecular weight is 334 g/mol. The fourth-order valence-corrected chi connectivity index (χ4v) is 3.70. The minimum Gasteiger partial charge on any atom is -0.271 e. The molecule has 8 heteroatoms. The zero-order valence-electron chi connectivity index (χ0n) is 10.6. The molecule has 5 nitrogen and oxygen atoms in total. The maximum absolute atomic E-state index is 12.2. The standard InChI is InChI=1S/C12H13Cl2N3O2S/c1-9(8-17-4-2-3-15-17)16-20(18,19)12-6-10(13)5-11(14)7-12/h2-7,9,16H,8H2,1H3. The van der Waals surface area contributed by atoms with Crippen LogP contribution >= 0.6 is 23.2 Å². The number of hydrogen-bond donors (Lipinski definition) is 1. The second-order valence-electron chi connectivity index (χ2n) is 4.36. The fraction of sp³-hybridized carbons (Fsp3) is 0.250. The Morgan fingerprint density at radius 3 is 2.50 bits per heavy atom. The molecule has 0 bridgehead atoms. The van der Waals surface area contributed by atoms with E-state index >= 15 is 0 Å². The maximum Gasteiger partial charge on any atom is 0.240 e. The lowest BCUT2D eigenvalue weighted by molar-refractivity contribution is 0.494. The van der Waals surface area contributed by atoms with Crippen molar-refractivity contribution in [2.75, 3.05) is 0 Å². The molecule has 0 saturated heterocycles. The molecule has 1 N–H and O–H groups in total. The first-order valence-electron chi connectivity index (χ1n) is 5.83. The second kappa shape index (κ2) is 6.13. The van der Waals surface area contributed by atoms with Gasteiger partial charge in [0.15, 0.2) is 0 Å². The Morgan fingerprint density at radius 1 is 1.30 bits per heavy atom. The zero-order valence-corrected chi connectivity index (χ0v) is 13.0. The van der Waals surface area contributed by atoms with Crippen LogP contribution in [0.5, 0.6) is 0 Å². The summed E-state index contributed by atoms with van der Waals surface area (Å²) >= 11 is 11.6. The Hall–Kier alpha value is -1.08. The lowest BCUT2D eigenvalue weighted by Crippen LogP contribution is -2.35. The van der Waals surface area contributed by atoms with Crippen molar-refractivity contribution in [3.63, 3.8) is 0 Å². The minimum atomic E-state index is -3.67. The van der Waals surface area contributed by atoms with Gasteiger partial charge in [0.2, 0.25) is 10.0 Å². The van der Waals surface area contributed by atoms with Crippen LogP contribution < -0.4 is 4.72 Å². The molecule has 2 aromatic rings. The molecular weight excluding hydrogens is 321 g/mol. The monoisotopic (exact) mass is 333 g/mol. The van der Waals surface area contributed by atoms with E-state index in [4.69, 9.17) is 23.2 Å². The summed E-state index contributed by atoms with van der Waals surface area (Å²) in [6.07, 6.45) is 3.40. The Labute approximate surface area is 127 Å². The van der Waals surface area contributed by atoms with Crippen molar-refractivity contribution in [1.29, 1.82) is 0 Å². The quantitative estimate of drug-likeness (QED) is 0.914. The Bertz CT molecular complexity index is 666. The summed E-state index contributed by atoms with van der Waals surface area (Å²) in [6.45, 7) is 2.19.